The summed E-state index contributed by atoms with van der Waals surface area (Å²) in [7, 11) is 3.38. The first-order chi connectivity index (χ1) is 11.7. The molecule has 0 aliphatic heterocycles. The second-order valence-electron chi connectivity index (χ2n) is 6.24. The van der Waals surface area contributed by atoms with Crippen molar-refractivity contribution in [1.29, 1.82) is 0 Å². The number of thiophene rings is 1. The Labute approximate surface area is 145 Å². The zero-order valence-electron chi connectivity index (χ0n) is 14.0. The summed E-state index contributed by atoms with van der Waals surface area (Å²) in [6, 6.07) is 6.33. The van der Waals surface area contributed by atoms with Gasteiger partial charge in [0, 0.05) is 22.4 Å². The summed E-state index contributed by atoms with van der Waals surface area (Å²) >= 11 is 1.69. The predicted octanol–water partition coefficient (Wildman–Crippen LogP) is 4.89. The first-order valence-corrected chi connectivity index (χ1v) is 9.20. The van der Waals surface area contributed by atoms with Crippen molar-refractivity contribution >= 4 is 22.7 Å². The van der Waals surface area contributed by atoms with E-state index in [1.807, 2.05) is 6.07 Å². The van der Waals surface area contributed by atoms with E-state index in [4.69, 9.17) is 9.47 Å². The molecule has 124 valence electrons. The van der Waals surface area contributed by atoms with E-state index >= 15 is 0 Å². The van der Waals surface area contributed by atoms with E-state index in [0.29, 0.717) is 12.2 Å². The van der Waals surface area contributed by atoms with Gasteiger partial charge >= 0.3 is 0 Å². The number of ketones is 1. The average molecular weight is 340 g/mol. The molecule has 0 atom stereocenters. The van der Waals surface area contributed by atoms with Crippen LogP contribution in [0.4, 0.5) is 0 Å². The third-order valence-corrected chi connectivity index (χ3v) is 5.89. The Morgan fingerprint density at radius 2 is 1.79 bits per heavy atom. The van der Waals surface area contributed by atoms with Crippen molar-refractivity contribution in [2.24, 2.45) is 0 Å². The minimum absolute atomic E-state index is 0.303. The lowest BCUT2D eigenvalue weighted by Crippen LogP contribution is -2.02. The highest BCUT2D eigenvalue weighted by atomic mass is 32.1. The van der Waals surface area contributed by atoms with Crippen LogP contribution in [0.3, 0.4) is 0 Å². The Kier molecular flexibility index (Phi) is 3.93. The second kappa shape index (κ2) is 6.10. The van der Waals surface area contributed by atoms with Crippen LogP contribution in [-0.2, 0) is 11.2 Å². The van der Waals surface area contributed by atoms with E-state index in [2.05, 4.69) is 17.5 Å². The molecule has 0 bridgehead atoms. The first kappa shape index (κ1) is 15.5. The number of Topliss-reactive ketones (excluding diaryl/α,β-unsaturated/α-hetero) is 1. The molecule has 2 aromatic rings. The topological polar surface area (TPSA) is 35.5 Å². The van der Waals surface area contributed by atoms with Crippen LogP contribution in [0.15, 0.2) is 29.2 Å². The number of methoxy groups -OCH3 is 2. The number of hydrogen-bond acceptors (Lipinski definition) is 4. The fraction of sp³-hybridized carbons (Fsp3) is 0.350. The van der Waals surface area contributed by atoms with Crippen LogP contribution in [0.2, 0.25) is 0 Å². The minimum Gasteiger partial charge on any atom is -0.492 e. The molecule has 4 rings (SSSR count). The summed E-state index contributed by atoms with van der Waals surface area (Å²) in [6.45, 7) is 0. The van der Waals surface area contributed by atoms with Crippen LogP contribution in [0, 0.1) is 0 Å². The average Bonchev–Trinajstić information content (AvgIpc) is 3.27. The number of ether oxygens (including phenoxy) is 2. The van der Waals surface area contributed by atoms with Gasteiger partial charge in [0.2, 0.25) is 0 Å². The van der Waals surface area contributed by atoms with Gasteiger partial charge in [-0.3, -0.25) is 4.79 Å². The first-order valence-electron chi connectivity index (χ1n) is 8.32. The molecule has 0 amide bonds. The van der Waals surface area contributed by atoms with E-state index in [1.165, 1.54) is 11.1 Å². The van der Waals surface area contributed by atoms with Gasteiger partial charge in [-0.15, -0.1) is 11.3 Å². The van der Waals surface area contributed by atoms with E-state index in [0.717, 1.165) is 58.8 Å². The highest BCUT2D eigenvalue weighted by Gasteiger charge is 2.31. The maximum atomic E-state index is 12.5. The highest BCUT2D eigenvalue weighted by molar-refractivity contribution is 7.13. The monoisotopic (exact) mass is 340 g/mol. The van der Waals surface area contributed by atoms with Crippen molar-refractivity contribution < 1.29 is 14.3 Å². The van der Waals surface area contributed by atoms with E-state index < -0.39 is 0 Å². The van der Waals surface area contributed by atoms with Gasteiger partial charge in [-0.2, -0.15) is 0 Å². The molecule has 1 heterocycles. The molecule has 3 nitrogen and oxygen atoms in total. The summed E-state index contributed by atoms with van der Waals surface area (Å²) in [5.41, 5.74) is 5.56. The zero-order chi connectivity index (χ0) is 16.7. The van der Waals surface area contributed by atoms with Crippen molar-refractivity contribution in [2.45, 2.75) is 32.1 Å². The van der Waals surface area contributed by atoms with Crippen LogP contribution in [-0.4, -0.2) is 20.0 Å². The molecule has 1 aromatic heterocycles. The number of rotatable bonds is 3. The van der Waals surface area contributed by atoms with Gasteiger partial charge in [0.1, 0.15) is 0 Å². The predicted molar refractivity (Wildman–Crippen MR) is 97.0 cm³/mol. The summed E-state index contributed by atoms with van der Waals surface area (Å²) in [5.74, 6) is 1.85. The van der Waals surface area contributed by atoms with Gasteiger partial charge in [0.15, 0.2) is 17.3 Å². The Morgan fingerprint density at radius 1 is 1.00 bits per heavy atom. The molecule has 2 aliphatic carbocycles. The normalized spacial score (nSPS) is 16.7. The number of hydrogen-bond donors (Lipinski definition) is 0. The fourth-order valence-corrected chi connectivity index (χ4v) is 4.70. The van der Waals surface area contributed by atoms with Gasteiger partial charge in [-0.05, 0) is 59.9 Å². The lowest BCUT2D eigenvalue weighted by atomic mass is 9.93. The van der Waals surface area contributed by atoms with Crippen LogP contribution >= 0.6 is 11.3 Å². The minimum atomic E-state index is 0.303. The number of allylic oxidation sites excluding steroid dienone is 2. The molecule has 4 heteroatoms. The van der Waals surface area contributed by atoms with Crippen LogP contribution in [0.1, 0.15) is 36.8 Å². The van der Waals surface area contributed by atoms with Crippen molar-refractivity contribution in [3.63, 3.8) is 0 Å². The van der Waals surface area contributed by atoms with Crippen molar-refractivity contribution in [2.75, 3.05) is 14.2 Å². The van der Waals surface area contributed by atoms with Crippen LogP contribution < -0.4 is 9.47 Å². The maximum Gasteiger partial charge on any atom is 0.170 e. The summed E-state index contributed by atoms with van der Waals surface area (Å²) in [6.07, 6.45) is 4.25. The Balaban J connectivity index is 2.02. The Morgan fingerprint density at radius 3 is 2.50 bits per heavy atom. The smallest absolute Gasteiger partial charge is 0.170 e. The molecule has 0 saturated heterocycles. The highest BCUT2D eigenvalue weighted by Crippen LogP contribution is 2.50. The number of carbonyl (C=O) groups is 1. The quantitative estimate of drug-likeness (QED) is 0.798. The third kappa shape index (κ3) is 2.28. The summed E-state index contributed by atoms with van der Waals surface area (Å²) < 4.78 is 11.6. The molecule has 2 aliphatic rings. The van der Waals surface area contributed by atoms with Crippen LogP contribution in [0.25, 0.3) is 16.0 Å². The van der Waals surface area contributed by atoms with Gasteiger partial charge in [-0.1, -0.05) is 6.07 Å². The van der Waals surface area contributed by atoms with Gasteiger partial charge in [0.25, 0.3) is 0 Å². The fourth-order valence-electron chi connectivity index (χ4n) is 3.96. The number of benzene rings is 1. The molecule has 1 aromatic carbocycles. The van der Waals surface area contributed by atoms with E-state index in [9.17, 15) is 4.79 Å². The van der Waals surface area contributed by atoms with Crippen molar-refractivity contribution in [3.05, 3.63) is 40.3 Å². The molecule has 0 fully saturated rings. The standard InChI is InChI=1S/C20H20O3S/c1-22-19-15(17-7-4-10-24-17)11-12-8-9-16(21)13-5-3-6-14(13)18(12)20(19)23-2/h4,7,10-11H,3,5-6,8-9H2,1-2H3. The summed E-state index contributed by atoms with van der Waals surface area (Å²) in [4.78, 5) is 13.7. The molecule has 0 unspecified atom stereocenters. The number of fused-ring (bicyclic) bond motifs is 2. The van der Waals surface area contributed by atoms with Crippen molar-refractivity contribution in [3.8, 4) is 21.9 Å². The maximum absolute atomic E-state index is 12.5. The number of carbonyl (C=O) groups excluding carboxylic acids is 1. The number of aryl methyl sites for hydroxylation is 1. The van der Waals surface area contributed by atoms with E-state index in [-0.39, 0.29) is 0 Å². The molecule has 0 saturated carbocycles. The summed E-state index contributed by atoms with van der Waals surface area (Å²) in [5, 5.41) is 2.06. The molecule has 0 spiro atoms. The van der Waals surface area contributed by atoms with Gasteiger partial charge in [-0.25, -0.2) is 0 Å². The van der Waals surface area contributed by atoms with Gasteiger partial charge < -0.3 is 9.47 Å². The Hall–Kier alpha value is -2.07. The SMILES string of the molecule is COc1c(-c2cccs2)cc2c(c1OC)C1=C(CCC1)C(=O)CC2. The Bertz CT molecular complexity index is 831. The molecular weight excluding hydrogens is 320 g/mol. The second-order valence-corrected chi connectivity index (χ2v) is 7.18. The zero-order valence-corrected chi connectivity index (χ0v) is 14.8. The molecule has 0 radical (unpaired) electrons. The third-order valence-electron chi connectivity index (χ3n) is 4.99. The lowest BCUT2D eigenvalue weighted by Gasteiger charge is -2.20. The molecule has 0 N–H and O–H groups in total. The van der Waals surface area contributed by atoms with Crippen LogP contribution in [0.5, 0.6) is 11.5 Å². The molecule has 24 heavy (non-hydrogen) atoms. The van der Waals surface area contributed by atoms with E-state index in [1.54, 1.807) is 25.6 Å². The molecular formula is C20H20O3S. The lowest BCUT2D eigenvalue weighted by molar-refractivity contribution is -0.115. The van der Waals surface area contributed by atoms with Gasteiger partial charge in [0.05, 0.1) is 14.2 Å². The van der Waals surface area contributed by atoms with Crippen molar-refractivity contribution in [1.82, 2.24) is 0 Å². The largest absolute Gasteiger partial charge is 0.492 e.